The van der Waals surface area contributed by atoms with Gasteiger partial charge in [0.2, 0.25) is 0 Å². The Hall–Kier alpha value is -0.410. The molecule has 0 spiro atoms. The zero-order valence-electron chi connectivity index (χ0n) is 15.4. The van der Waals surface area contributed by atoms with Crippen LogP contribution in [0.5, 0.6) is 0 Å². The highest BCUT2D eigenvalue weighted by Gasteiger charge is 2.34. The highest BCUT2D eigenvalue weighted by Crippen LogP contribution is 2.38. The molecular weight excluding hydrogens is 303 g/mol. The third-order valence-electron chi connectivity index (χ3n) is 6.50. The third kappa shape index (κ3) is 5.05. The minimum Gasteiger partial charge on any atom is -0.352 e. The number of allylic oxidation sites excluding steroid dienone is 2. The Kier molecular flexibility index (Phi) is 7.15. The van der Waals surface area contributed by atoms with E-state index in [1.54, 1.807) is 6.08 Å². The lowest BCUT2D eigenvalue weighted by molar-refractivity contribution is -0.233. The molecule has 0 radical (unpaired) electrons. The first-order valence-electron chi connectivity index (χ1n) is 10.3. The van der Waals surface area contributed by atoms with Crippen LogP contribution >= 0.6 is 0 Å². The van der Waals surface area contributed by atoms with Gasteiger partial charge in [0.05, 0.1) is 19.0 Å². The SMILES string of the molecule is CCCCCC1CCC(C2COC(C3CC=C(F)CC3)OC2)CC1. The van der Waals surface area contributed by atoms with Gasteiger partial charge in [0.15, 0.2) is 6.29 Å². The Morgan fingerprint density at radius 3 is 2.33 bits per heavy atom. The normalized spacial score (nSPS) is 37.9. The summed E-state index contributed by atoms with van der Waals surface area (Å²) < 4.78 is 25.2. The molecule has 1 unspecified atom stereocenters. The van der Waals surface area contributed by atoms with Crippen LogP contribution in [0.2, 0.25) is 0 Å². The molecule has 0 aromatic carbocycles. The van der Waals surface area contributed by atoms with Crippen LogP contribution in [0.15, 0.2) is 11.9 Å². The van der Waals surface area contributed by atoms with Gasteiger partial charge in [0.25, 0.3) is 0 Å². The first-order valence-corrected chi connectivity index (χ1v) is 10.3. The largest absolute Gasteiger partial charge is 0.352 e. The van der Waals surface area contributed by atoms with Crippen LogP contribution in [0.3, 0.4) is 0 Å². The summed E-state index contributed by atoms with van der Waals surface area (Å²) in [6.45, 7) is 3.98. The van der Waals surface area contributed by atoms with Crippen molar-refractivity contribution >= 4 is 0 Å². The van der Waals surface area contributed by atoms with Crippen molar-refractivity contribution in [1.29, 1.82) is 0 Å². The quantitative estimate of drug-likeness (QED) is 0.552. The summed E-state index contributed by atoms with van der Waals surface area (Å²) in [6.07, 6.45) is 14.9. The Morgan fingerprint density at radius 1 is 0.958 bits per heavy atom. The van der Waals surface area contributed by atoms with Crippen LogP contribution in [-0.2, 0) is 9.47 Å². The van der Waals surface area contributed by atoms with Crippen molar-refractivity contribution in [3.8, 4) is 0 Å². The van der Waals surface area contributed by atoms with Gasteiger partial charge in [0.1, 0.15) is 0 Å². The van der Waals surface area contributed by atoms with E-state index in [9.17, 15) is 4.39 Å². The van der Waals surface area contributed by atoms with Crippen LogP contribution in [0.4, 0.5) is 4.39 Å². The minimum absolute atomic E-state index is 0.0376. The van der Waals surface area contributed by atoms with Crippen LogP contribution in [0, 0.1) is 23.7 Å². The number of halogens is 1. The molecule has 0 amide bonds. The molecule has 1 heterocycles. The lowest BCUT2D eigenvalue weighted by Gasteiger charge is -2.40. The average molecular weight is 339 g/mol. The molecule has 2 aliphatic carbocycles. The molecule has 2 nitrogen and oxygen atoms in total. The molecule has 0 N–H and O–H groups in total. The molecule has 138 valence electrons. The second kappa shape index (κ2) is 9.33. The molecular formula is C21H35FO2. The fourth-order valence-corrected chi connectivity index (χ4v) is 4.78. The minimum atomic E-state index is -0.101. The lowest BCUT2D eigenvalue weighted by atomic mass is 9.74. The molecule has 0 aromatic heterocycles. The summed E-state index contributed by atoms with van der Waals surface area (Å²) in [7, 11) is 0. The van der Waals surface area contributed by atoms with Gasteiger partial charge in [-0.1, -0.05) is 51.5 Å². The fraction of sp³-hybridized carbons (Fsp3) is 0.905. The maximum absolute atomic E-state index is 13.1. The van der Waals surface area contributed by atoms with Crippen LogP contribution < -0.4 is 0 Å². The van der Waals surface area contributed by atoms with Gasteiger partial charge >= 0.3 is 0 Å². The maximum Gasteiger partial charge on any atom is 0.160 e. The van der Waals surface area contributed by atoms with Gasteiger partial charge in [-0.15, -0.1) is 0 Å². The Morgan fingerprint density at radius 2 is 1.71 bits per heavy atom. The van der Waals surface area contributed by atoms with Gasteiger partial charge in [-0.05, 0) is 43.9 Å². The van der Waals surface area contributed by atoms with Crippen molar-refractivity contribution in [2.75, 3.05) is 13.2 Å². The Bertz CT molecular complexity index is 393. The van der Waals surface area contributed by atoms with E-state index in [2.05, 4.69) is 6.92 Å². The van der Waals surface area contributed by atoms with E-state index in [-0.39, 0.29) is 12.1 Å². The van der Waals surface area contributed by atoms with Gasteiger partial charge in [-0.25, -0.2) is 4.39 Å². The zero-order valence-corrected chi connectivity index (χ0v) is 15.4. The summed E-state index contributed by atoms with van der Waals surface area (Å²) in [5.74, 6) is 2.72. The van der Waals surface area contributed by atoms with E-state index in [0.717, 1.165) is 37.9 Å². The summed E-state index contributed by atoms with van der Waals surface area (Å²) in [6, 6.07) is 0. The third-order valence-corrected chi connectivity index (χ3v) is 6.50. The lowest BCUT2D eigenvalue weighted by Crippen LogP contribution is -2.40. The number of hydrogen-bond donors (Lipinski definition) is 0. The molecule has 3 rings (SSSR count). The highest BCUT2D eigenvalue weighted by molar-refractivity contribution is 4.98. The molecule has 2 fully saturated rings. The van der Waals surface area contributed by atoms with Gasteiger partial charge in [-0.2, -0.15) is 0 Å². The molecule has 1 saturated carbocycles. The second-order valence-corrected chi connectivity index (χ2v) is 8.26. The van der Waals surface area contributed by atoms with Gasteiger partial charge in [-0.3, -0.25) is 0 Å². The van der Waals surface area contributed by atoms with E-state index in [4.69, 9.17) is 9.47 Å². The van der Waals surface area contributed by atoms with Crippen LogP contribution in [0.1, 0.15) is 77.6 Å². The molecule has 0 bridgehead atoms. The topological polar surface area (TPSA) is 18.5 Å². The van der Waals surface area contributed by atoms with Crippen molar-refractivity contribution in [3.63, 3.8) is 0 Å². The molecule has 0 aromatic rings. The van der Waals surface area contributed by atoms with Crippen molar-refractivity contribution < 1.29 is 13.9 Å². The van der Waals surface area contributed by atoms with Crippen molar-refractivity contribution in [3.05, 3.63) is 11.9 Å². The standard InChI is InChI=1S/C21H35FO2/c1-2-3-4-5-16-6-8-17(9-7-16)19-14-23-21(24-15-19)18-10-12-20(22)13-11-18/h12,16-19,21H,2-11,13-15H2,1H3. The average Bonchev–Trinajstić information content (AvgIpc) is 2.63. The van der Waals surface area contributed by atoms with Crippen LogP contribution in [-0.4, -0.2) is 19.5 Å². The van der Waals surface area contributed by atoms with Crippen molar-refractivity contribution in [2.24, 2.45) is 23.7 Å². The Balaban J connectivity index is 1.35. The summed E-state index contributed by atoms with van der Waals surface area (Å²) >= 11 is 0. The number of unbranched alkanes of at least 4 members (excludes halogenated alkanes) is 2. The molecule has 3 heteroatoms. The molecule has 1 saturated heterocycles. The number of rotatable bonds is 6. The predicted octanol–water partition coefficient (Wildman–Crippen LogP) is 6.02. The summed E-state index contributed by atoms with van der Waals surface area (Å²) in [4.78, 5) is 0. The highest BCUT2D eigenvalue weighted by atomic mass is 19.1. The number of ether oxygens (including phenoxy) is 2. The maximum atomic E-state index is 13.1. The first-order chi connectivity index (χ1) is 11.8. The van der Waals surface area contributed by atoms with E-state index in [1.165, 1.54) is 51.4 Å². The van der Waals surface area contributed by atoms with Crippen molar-refractivity contribution in [2.45, 2.75) is 83.8 Å². The van der Waals surface area contributed by atoms with Gasteiger partial charge in [0, 0.05) is 11.8 Å². The van der Waals surface area contributed by atoms with Crippen LogP contribution in [0.25, 0.3) is 0 Å². The van der Waals surface area contributed by atoms with E-state index >= 15 is 0 Å². The number of hydrogen-bond acceptors (Lipinski definition) is 2. The monoisotopic (exact) mass is 338 g/mol. The van der Waals surface area contributed by atoms with E-state index < -0.39 is 0 Å². The predicted molar refractivity (Wildman–Crippen MR) is 95.3 cm³/mol. The van der Waals surface area contributed by atoms with E-state index in [1.807, 2.05) is 0 Å². The summed E-state index contributed by atoms with van der Waals surface area (Å²) in [5.41, 5.74) is 0. The van der Waals surface area contributed by atoms with Crippen molar-refractivity contribution in [1.82, 2.24) is 0 Å². The Labute approximate surface area is 147 Å². The zero-order chi connectivity index (χ0) is 16.8. The first kappa shape index (κ1) is 18.4. The molecule has 1 atom stereocenters. The van der Waals surface area contributed by atoms with E-state index in [0.29, 0.717) is 18.3 Å². The molecule has 1 aliphatic heterocycles. The summed E-state index contributed by atoms with van der Waals surface area (Å²) in [5, 5.41) is 0. The fourth-order valence-electron chi connectivity index (χ4n) is 4.78. The molecule has 24 heavy (non-hydrogen) atoms. The van der Waals surface area contributed by atoms with Gasteiger partial charge < -0.3 is 9.47 Å². The molecule has 3 aliphatic rings. The smallest absolute Gasteiger partial charge is 0.160 e. The second-order valence-electron chi connectivity index (χ2n) is 8.26.